The van der Waals surface area contributed by atoms with E-state index in [-0.39, 0.29) is 44.5 Å². The second-order valence-electron chi connectivity index (χ2n) is 8.73. The van der Waals surface area contributed by atoms with Crippen molar-refractivity contribution in [1.29, 1.82) is 0 Å². The molecule has 0 aromatic rings. The molecule has 11 heteroatoms. The minimum Gasteiger partial charge on any atom is -0.481 e. The van der Waals surface area contributed by atoms with E-state index in [4.69, 9.17) is 20.4 Å². The van der Waals surface area contributed by atoms with E-state index in [0.717, 1.165) is 51.4 Å². The number of rotatable bonds is 18. The van der Waals surface area contributed by atoms with Crippen molar-refractivity contribution in [1.82, 2.24) is 0 Å². The van der Waals surface area contributed by atoms with Crippen LogP contribution in [0.15, 0.2) is 0 Å². The number of carbonyl (C=O) groups is 4. The van der Waals surface area contributed by atoms with Crippen LogP contribution in [0.3, 0.4) is 0 Å². The number of carboxylic acids is 4. The van der Waals surface area contributed by atoms with Crippen LogP contribution in [0.4, 0.5) is 0 Å². The predicted octanol–water partition coefficient (Wildman–Crippen LogP) is 7.70. The van der Waals surface area contributed by atoms with Gasteiger partial charge in [-0.25, -0.2) is 0 Å². The fraction of sp³-hybridized carbons (Fsp3) is 0.857. The fourth-order valence-electron chi connectivity index (χ4n) is 2.63. The molecular formula is C28H58O8S2Sn. The molecule has 39 heavy (non-hydrogen) atoms. The number of carboxylic acid groups (broad SMARTS) is 4. The van der Waals surface area contributed by atoms with Gasteiger partial charge in [0, 0.05) is 0 Å². The third-order valence-corrected chi connectivity index (χ3v) is 9.76. The van der Waals surface area contributed by atoms with Crippen molar-refractivity contribution in [3.05, 3.63) is 0 Å². The first-order chi connectivity index (χ1) is 18.4. The molecule has 0 aliphatic heterocycles. The molecule has 0 rings (SSSR count). The van der Waals surface area contributed by atoms with E-state index in [2.05, 4.69) is 53.0 Å². The molecule has 0 aliphatic carbocycles. The molecule has 4 N–H and O–H groups in total. The van der Waals surface area contributed by atoms with Crippen molar-refractivity contribution in [2.45, 2.75) is 127 Å². The van der Waals surface area contributed by atoms with Gasteiger partial charge in [0.2, 0.25) is 0 Å². The summed E-state index contributed by atoms with van der Waals surface area (Å²) < 4.78 is 3.25. The van der Waals surface area contributed by atoms with E-state index in [0.29, 0.717) is 0 Å². The van der Waals surface area contributed by atoms with E-state index in [1.54, 1.807) is 8.87 Å². The maximum absolute atomic E-state index is 10.4. The standard InChI is InChI=1S/2C8H16O2.2C4H9.2C2H4O2S.Sn/c2*1-3-5-6-7(4-2)8(9)10;2*1-3-4-2;2*3-2(4)1-5;/h2*7H,3-6H2,1-2H3,(H,9,10);2*1,3-4H2,2H3;2*5H,1H2,(H,3,4);. The topological polar surface area (TPSA) is 149 Å². The summed E-state index contributed by atoms with van der Waals surface area (Å²) in [5.74, 6) is -3.44. The summed E-state index contributed by atoms with van der Waals surface area (Å²) in [5.41, 5.74) is 0. The van der Waals surface area contributed by atoms with Crippen LogP contribution in [0.5, 0.6) is 0 Å². The van der Waals surface area contributed by atoms with Gasteiger partial charge in [-0.05, 0) is 25.7 Å². The molecule has 2 unspecified atom stereocenters. The monoisotopic (exact) mass is 706 g/mol. The average Bonchev–Trinajstić information content (AvgIpc) is 2.90. The van der Waals surface area contributed by atoms with Crippen LogP contribution < -0.4 is 0 Å². The molecule has 0 spiro atoms. The van der Waals surface area contributed by atoms with Crippen LogP contribution in [-0.2, 0) is 19.2 Å². The van der Waals surface area contributed by atoms with Gasteiger partial charge in [0.1, 0.15) is 0 Å². The van der Waals surface area contributed by atoms with Gasteiger partial charge in [0.15, 0.2) is 0 Å². The maximum atomic E-state index is 10.4. The molecule has 2 atom stereocenters. The Morgan fingerprint density at radius 1 is 0.564 bits per heavy atom. The molecule has 8 nitrogen and oxygen atoms in total. The molecule has 0 amide bonds. The van der Waals surface area contributed by atoms with Gasteiger partial charge in [0.25, 0.3) is 0 Å². The first-order valence-electron chi connectivity index (χ1n) is 14.2. The van der Waals surface area contributed by atoms with Gasteiger partial charge >= 0.3 is 93.4 Å². The van der Waals surface area contributed by atoms with Crippen LogP contribution in [0.2, 0.25) is 8.87 Å². The summed E-state index contributed by atoms with van der Waals surface area (Å²) in [6.07, 6.45) is 13.3. The molecule has 0 bridgehead atoms. The Morgan fingerprint density at radius 2 is 0.821 bits per heavy atom. The van der Waals surface area contributed by atoms with Crippen LogP contribution in [-0.4, -0.2) is 77.0 Å². The third-order valence-electron chi connectivity index (χ3n) is 5.18. The summed E-state index contributed by atoms with van der Waals surface area (Å²) in [6, 6.07) is 0. The molecule has 0 saturated heterocycles. The van der Waals surface area contributed by atoms with Crippen LogP contribution in [0.25, 0.3) is 0 Å². The van der Waals surface area contributed by atoms with Crippen molar-refractivity contribution in [2.24, 2.45) is 11.8 Å². The van der Waals surface area contributed by atoms with Crippen molar-refractivity contribution in [3.8, 4) is 0 Å². The first kappa shape index (κ1) is 48.1. The maximum Gasteiger partial charge on any atom is 0.313 e. The zero-order chi connectivity index (χ0) is 31.5. The Kier molecular flexibility index (Phi) is 51.7. The summed E-state index contributed by atoms with van der Waals surface area (Å²) in [7, 11) is 0. The molecule has 0 fully saturated rings. The Hall–Kier alpha value is -0.621. The van der Waals surface area contributed by atoms with Crippen molar-refractivity contribution in [3.63, 3.8) is 0 Å². The molecule has 0 aromatic carbocycles. The van der Waals surface area contributed by atoms with Crippen molar-refractivity contribution in [2.75, 3.05) is 11.5 Å². The minimum absolute atomic E-state index is 0.0833. The summed E-state index contributed by atoms with van der Waals surface area (Å²) >= 11 is 6.98. The normalized spacial score (nSPS) is 10.9. The number of hydrogen-bond donors (Lipinski definition) is 6. The van der Waals surface area contributed by atoms with Crippen molar-refractivity contribution >= 4 is 70.3 Å². The van der Waals surface area contributed by atoms with Gasteiger partial charge in [-0.3, -0.25) is 19.2 Å². The summed E-state index contributed by atoms with van der Waals surface area (Å²) in [4.78, 5) is 39.5. The smallest absolute Gasteiger partial charge is 0.313 e. The zero-order valence-corrected chi connectivity index (χ0v) is 29.9. The Morgan fingerprint density at radius 3 is 0.974 bits per heavy atom. The third kappa shape index (κ3) is 54.2. The fourth-order valence-corrected chi connectivity index (χ4v) is 6.79. The quantitative estimate of drug-likeness (QED) is 0.0483. The van der Waals surface area contributed by atoms with Crippen LogP contribution in [0, 0.1) is 11.8 Å². The second-order valence-corrected chi connectivity index (χ2v) is 13.6. The van der Waals surface area contributed by atoms with E-state index >= 15 is 0 Å². The van der Waals surface area contributed by atoms with Gasteiger partial charge in [-0.2, -0.15) is 25.3 Å². The molecule has 0 aromatic heterocycles. The number of unbranched alkanes of at least 4 members (excludes halogenated alkanes) is 4. The number of thiol groups is 2. The van der Waals surface area contributed by atoms with Gasteiger partial charge in [-0.15, -0.1) is 0 Å². The van der Waals surface area contributed by atoms with E-state index in [1.807, 2.05) is 13.8 Å². The number of hydrogen-bond acceptors (Lipinski definition) is 6. The molecule has 234 valence electrons. The Labute approximate surface area is 259 Å². The molecule has 0 aliphatic rings. The van der Waals surface area contributed by atoms with Crippen LogP contribution >= 0.6 is 25.3 Å². The van der Waals surface area contributed by atoms with E-state index in [1.165, 1.54) is 25.7 Å². The van der Waals surface area contributed by atoms with E-state index < -0.39 is 23.9 Å². The summed E-state index contributed by atoms with van der Waals surface area (Å²) in [5, 5.41) is 32.5. The number of aliphatic carboxylic acids is 4. The molecular weight excluding hydrogens is 647 g/mol. The minimum atomic E-state index is -0.881. The van der Waals surface area contributed by atoms with E-state index in [9.17, 15) is 19.2 Å². The van der Waals surface area contributed by atoms with Gasteiger partial charge < -0.3 is 20.4 Å². The largest absolute Gasteiger partial charge is 0.481 e. The molecule has 0 saturated carbocycles. The van der Waals surface area contributed by atoms with Crippen molar-refractivity contribution < 1.29 is 39.6 Å². The molecule has 2 radical (unpaired) electrons. The summed E-state index contributed by atoms with van der Waals surface area (Å²) in [6.45, 7) is 12.6. The Bertz CT molecular complexity index is 506. The SMILES string of the molecule is CCCCC(CC)C(=O)O.CCCCC(CC)C(=O)O.CCC[CH2][Sn][CH2]CCC.O=C(O)CS.O=C(O)CS. The molecule has 0 heterocycles. The van der Waals surface area contributed by atoms with Gasteiger partial charge in [0.05, 0.1) is 23.3 Å². The zero-order valence-electron chi connectivity index (χ0n) is 25.3. The Balaban J connectivity index is -0.000000127. The van der Waals surface area contributed by atoms with Crippen LogP contribution in [0.1, 0.15) is 119 Å². The predicted molar refractivity (Wildman–Crippen MR) is 170 cm³/mol. The second kappa shape index (κ2) is 41.9. The first-order valence-corrected chi connectivity index (χ1v) is 19.5. The average molecular weight is 706 g/mol. The van der Waals surface area contributed by atoms with Gasteiger partial charge in [-0.1, -0.05) is 53.4 Å².